The van der Waals surface area contributed by atoms with Gasteiger partial charge in [-0.3, -0.25) is 4.79 Å². The van der Waals surface area contributed by atoms with Crippen molar-refractivity contribution in [2.24, 2.45) is 5.73 Å². The Labute approximate surface area is 122 Å². The molecule has 0 saturated heterocycles. The molecule has 0 aromatic heterocycles. The number of carbonyl (C=O) groups excluding carboxylic acids is 1. The van der Waals surface area contributed by atoms with Crippen LogP contribution in [-0.4, -0.2) is 36.1 Å². The maximum atomic E-state index is 12.7. The summed E-state index contributed by atoms with van der Waals surface area (Å²) in [7, 11) is 0. The van der Waals surface area contributed by atoms with Gasteiger partial charge in [0, 0.05) is 5.69 Å². The summed E-state index contributed by atoms with van der Waals surface area (Å²) in [6, 6.07) is 4.62. The molecular weight excluding hydrogens is 277 g/mol. The van der Waals surface area contributed by atoms with E-state index in [4.69, 9.17) is 10.8 Å². The highest BCUT2D eigenvalue weighted by molar-refractivity contribution is 5.86. The van der Waals surface area contributed by atoms with E-state index >= 15 is 0 Å². The topological polar surface area (TPSA) is 104 Å². The average molecular weight is 297 g/mol. The van der Waals surface area contributed by atoms with E-state index in [1.165, 1.54) is 24.3 Å². The summed E-state index contributed by atoms with van der Waals surface area (Å²) in [6.45, 7) is 0.415. The minimum atomic E-state index is -1.07. The lowest BCUT2D eigenvalue weighted by molar-refractivity contribution is -0.141. The van der Waals surface area contributed by atoms with Crippen molar-refractivity contribution in [3.05, 3.63) is 30.1 Å². The molecule has 0 saturated carbocycles. The normalized spacial score (nSPS) is 11.7. The lowest BCUT2D eigenvalue weighted by Crippen LogP contribution is -2.43. The molecule has 116 valence electrons. The number of hydrogen-bond acceptors (Lipinski definition) is 4. The number of carboxylic acids is 1. The second kappa shape index (κ2) is 8.91. The average Bonchev–Trinajstić information content (AvgIpc) is 2.45. The van der Waals surface area contributed by atoms with Gasteiger partial charge >= 0.3 is 5.97 Å². The van der Waals surface area contributed by atoms with E-state index < -0.39 is 17.9 Å². The molecule has 1 aromatic carbocycles. The van der Waals surface area contributed by atoms with E-state index in [-0.39, 0.29) is 12.4 Å². The zero-order valence-corrected chi connectivity index (χ0v) is 11.6. The van der Waals surface area contributed by atoms with Crippen molar-refractivity contribution in [2.45, 2.75) is 25.3 Å². The molecule has 0 aliphatic rings. The Morgan fingerprint density at radius 2 is 1.90 bits per heavy atom. The lowest BCUT2D eigenvalue weighted by atomic mass is 10.1. The third-order valence-electron chi connectivity index (χ3n) is 2.88. The van der Waals surface area contributed by atoms with Crippen LogP contribution in [0.4, 0.5) is 10.1 Å². The van der Waals surface area contributed by atoms with Gasteiger partial charge in [-0.2, -0.15) is 0 Å². The van der Waals surface area contributed by atoms with E-state index in [1.807, 2.05) is 0 Å². The molecule has 1 rings (SSSR count). The highest BCUT2D eigenvalue weighted by atomic mass is 19.1. The molecule has 0 radical (unpaired) electrons. The van der Waals surface area contributed by atoms with Gasteiger partial charge in [-0.05, 0) is 50.1 Å². The first-order chi connectivity index (χ1) is 10.0. The number of anilines is 1. The standard InChI is InChI=1S/C14H20FN3O3/c15-10-4-6-11(7-5-10)17-9-13(19)18-12(14(20)21)3-1-2-8-16/h4-7,12,17H,1-3,8-9,16H2,(H,18,19)(H,20,21)/t12-/m0/s1. The van der Waals surface area contributed by atoms with Crippen molar-refractivity contribution in [3.8, 4) is 0 Å². The fraction of sp³-hybridized carbons (Fsp3) is 0.429. The van der Waals surface area contributed by atoms with Gasteiger partial charge in [-0.15, -0.1) is 0 Å². The minimum Gasteiger partial charge on any atom is -0.480 e. The fourth-order valence-corrected chi connectivity index (χ4v) is 1.75. The van der Waals surface area contributed by atoms with Crippen LogP contribution in [0.3, 0.4) is 0 Å². The molecule has 0 spiro atoms. The molecule has 0 unspecified atom stereocenters. The number of carbonyl (C=O) groups is 2. The number of carboxylic acid groups (broad SMARTS) is 1. The molecule has 1 amide bonds. The molecule has 1 aromatic rings. The van der Waals surface area contributed by atoms with Crippen molar-refractivity contribution in [2.75, 3.05) is 18.4 Å². The van der Waals surface area contributed by atoms with Crippen molar-refractivity contribution in [3.63, 3.8) is 0 Å². The molecule has 6 nitrogen and oxygen atoms in total. The molecule has 0 aliphatic carbocycles. The number of benzene rings is 1. The van der Waals surface area contributed by atoms with Gasteiger partial charge in [0.15, 0.2) is 0 Å². The van der Waals surface area contributed by atoms with E-state index in [0.29, 0.717) is 31.5 Å². The first-order valence-corrected chi connectivity index (χ1v) is 6.74. The van der Waals surface area contributed by atoms with Crippen LogP contribution >= 0.6 is 0 Å². The maximum absolute atomic E-state index is 12.7. The molecule has 7 heteroatoms. The van der Waals surface area contributed by atoms with Crippen molar-refractivity contribution < 1.29 is 19.1 Å². The van der Waals surface area contributed by atoms with Crippen molar-refractivity contribution >= 4 is 17.6 Å². The Bertz CT molecular complexity index is 465. The molecule has 1 atom stereocenters. The van der Waals surface area contributed by atoms with E-state index in [2.05, 4.69) is 10.6 Å². The minimum absolute atomic E-state index is 0.0771. The Balaban J connectivity index is 2.39. The van der Waals surface area contributed by atoms with Gasteiger partial charge in [0.25, 0.3) is 0 Å². The maximum Gasteiger partial charge on any atom is 0.326 e. The number of aliphatic carboxylic acids is 1. The van der Waals surface area contributed by atoms with Crippen LogP contribution in [0.5, 0.6) is 0 Å². The largest absolute Gasteiger partial charge is 0.480 e. The van der Waals surface area contributed by atoms with Crippen molar-refractivity contribution in [1.82, 2.24) is 5.32 Å². The SMILES string of the molecule is NCCCC[C@H](NC(=O)CNc1ccc(F)cc1)C(=O)O. The molecule has 0 bridgehead atoms. The summed E-state index contributed by atoms with van der Waals surface area (Å²) in [6.07, 6.45) is 1.70. The second-order valence-electron chi connectivity index (χ2n) is 4.60. The van der Waals surface area contributed by atoms with Crippen LogP contribution in [-0.2, 0) is 9.59 Å². The summed E-state index contributed by atoms with van der Waals surface area (Å²) >= 11 is 0. The Morgan fingerprint density at radius 1 is 1.24 bits per heavy atom. The van der Waals surface area contributed by atoms with Crippen LogP contribution in [0.2, 0.25) is 0 Å². The smallest absolute Gasteiger partial charge is 0.326 e. The summed E-state index contributed by atoms with van der Waals surface area (Å²) in [5.74, 6) is -1.86. The first-order valence-electron chi connectivity index (χ1n) is 6.74. The van der Waals surface area contributed by atoms with Gasteiger partial charge < -0.3 is 21.5 Å². The number of unbranched alkanes of at least 4 members (excludes halogenated alkanes) is 1. The third-order valence-corrected chi connectivity index (χ3v) is 2.88. The van der Waals surface area contributed by atoms with E-state index in [0.717, 1.165) is 0 Å². The zero-order valence-electron chi connectivity index (χ0n) is 11.6. The number of hydrogen-bond donors (Lipinski definition) is 4. The van der Waals surface area contributed by atoms with Gasteiger partial charge in [0.05, 0.1) is 6.54 Å². The Hall–Kier alpha value is -2.15. The predicted octanol–water partition coefficient (Wildman–Crippen LogP) is 0.936. The molecule has 21 heavy (non-hydrogen) atoms. The quantitative estimate of drug-likeness (QED) is 0.508. The Kier molecular flexibility index (Phi) is 7.17. The van der Waals surface area contributed by atoms with Crippen LogP contribution < -0.4 is 16.4 Å². The van der Waals surface area contributed by atoms with Gasteiger partial charge in [-0.1, -0.05) is 0 Å². The highest BCUT2D eigenvalue weighted by Crippen LogP contribution is 2.07. The summed E-state index contributed by atoms with van der Waals surface area (Å²) in [5, 5.41) is 14.3. The summed E-state index contributed by atoms with van der Waals surface area (Å²) in [5.41, 5.74) is 5.93. The number of rotatable bonds is 9. The van der Waals surface area contributed by atoms with Crippen LogP contribution in [0.15, 0.2) is 24.3 Å². The van der Waals surface area contributed by atoms with Gasteiger partial charge in [0.1, 0.15) is 11.9 Å². The van der Waals surface area contributed by atoms with Gasteiger partial charge in [-0.25, -0.2) is 9.18 Å². The Morgan fingerprint density at radius 3 is 2.48 bits per heavy atom. The summed E-state index contributed by atoms with van der Waals surface area (Å²) < 4.78 is 12.7. The lowest BCUT2D eigenvalue weighted by Gasteiger charge is -2.15. The van der Waals surface area contributed by atoms with E-state index in [1.54, 1.807) is 0 Å². The monoisotopic (exact) mass is 297 g/mol. The summed E-state index contributed by atoms with van der Waals surface area (Å²) in [4.78, 5) is 22.7. The highest BCUT2D eigenvalue weighted by Gasteiger charge is 2.18. The van der Waals surface area contributed by atoms with Crippen molar-refractivity contribution in [1.29, 1.82) is 0 Å². The first kappa shape index (κ1) is 16.9. The third kappa shape index (κ3) is 6.71. The number of nitrogens with one attached hydrogen (secondary N) is 2. The zero-order chi connectivity index (χ0) is 15.7. The number of nitrogens with two attached hydrogens (primary N) is 1. The van der Waals surface area contributed by atoms with E-state index in [9.17, 15) is 14.0 Å². The fourth-order valence-electron chi connectivity index (χ4n) is 1.75. The van der Waals surface area contributed by atoms with Gasteiger partial charge in [0.2, 0.25) is 5.91 Å². The van der Waals surface area contributed by atoms with Crippen LogP contribution in [0.1, 0.15) is 19.3 Å². The second-order valence-corrected chi connectivity index (χ2v) is 4.60. The molecule has 0 heterocycles. The van der Waals surface area contributed by atoms with Crippen LogP contribution in [0, 0.1) is 5.82 Å². The predicted molar refractivity (Wildman–Crippen MR) is 77.4 cm³/mol. The molecule has 0 aliphatic heterocycles. The molecule has 0 fully saturated rings. The number of amides is 1. The molecular formula is C14H20FN3O3. The molecule has 5 N–H and O–H groups in total. The van der Waals surface area contributed by atoms with Crippen LogP contribution in [0.25, 0.3) is 0 Å². The number of halogens is 1.